The number of ether oxygens (including phenoxy) is 1. The van der Waals surface area contributed by atoms with Gasteiger partial charge in [-0.05, 0) is 60.7 Å². The third-order valence-corrected chi connectivity index (χ3v) is 6.87. The number of unbranched alkanes of at least 4 members (excludes halogenated alkanes) is 1. The summed E-state index contributed by atoms with van der Waals surface area (Å²) in [5.74, 6) is 1.63. The monoisotopic (exact) mass is 573 g/mol. The van der Waals surface area contributed by atoms with Gasteiger partial charge in [-0.2, -0.15) is 13.2 Å². The second-order valence-electron chi connectivity index (χ2n) is 9.44. The van der Waals surface area contributed by atoms with Gasteiger partial charge in [0, 0.05) is 37.7 Å². The first-order valence-electron chi connectivity index (χ1n) is 12.7. The molecule has 0 atom stereocenters. The first-order valence-corrected chi connectivity index (χ1v) is 14.8. The zero-order valence-electron chi connectivity index (χ0n) is 22.0. The minimum atomic E-state index is -4.36. The highest BCUT2D eigenvalue weighted by atomic mass is 32.2. The number of aromatic nitrogens is 3. The molecule has 2 heterocycles. The maximum Gasteiger partial charge on any atom is 0.416 e. The van der Waals surface area contributed by atoms with Crippen LogP contribution in [0.25, 0.3) is 12.2 Å². The number of oxazole rings is 1. The lowest BCUT2D eigenvalue weighted by atomic mass is 10.1. The van der Waals surface area contributed by atoms with Crippen LogP contribution in [0.4, 0.5) is 13.2 Å². The Morgan fingerprint density at radius 3 is 2.45 bits per heavy atom. The first-order chi connectivity index (χ1) is 19.0. The highest BCUT2D eigenvalue weighted by Gasteiger charge is 2.29. The summed E-state index contributed by atoms with van der Waals surface area (Å²) in [6.45, 7) is 1.13. The second kappa shape index (κ2) is 13.0. The number of sulfone groups is 1. The molecule has 0 spiro atoms. The SMILES string of the molecule is CS(=O)(=O)Cc1nccn1CCCCc1ccc(OCCc2coc(/C=C/c3ccc(C(F)(F)F)cc3)n2)cc1. The lowest BCUT2D eigenvalue weighted by Crippen LogP contribution is -2.09. The van der Waals surface area contributed by atoms with Crippen molar-refractivity contribution in [2.75, 3.05) is 12.9 Å². The zero-order chi connectivity index (χ0) is 28.6. The van der Waals surface area contributed by atoms with E-state index in [9.17, 15) is 21.6 Å². The van der Waals surface area contributed by atoms with Crippen LogP contribution < -0.4 is 4.74 Å². The third kappa shape index (κ3) is 9.11. The van der Waals surface area contributed by atoms with Crippen LogP contribution >= 0.6 is 0 Å². The molecule has 0 N–H and O–H groups in total. The number of nitrogens with zero attached hydrogens (tertiary/aromatic N) is 3. The molecule has 0 aliphatic rings. The molecule has 0 saturated heterocycles. The van der Waals surface area contributed by atoms with Gasteiger partial charge in [0.05, 0.1) is 17.9 Å². The lowest BCUT2D eigenvalue weighted by Gasteiger charge is -2.08. The van der Waals surface area contributed by atoms with Crippen molar-refractivity contribution in [3.05, 3.63) is 101 Å². The van der Waals surface area contributed by atoms with E-state index in [1.807, 2.05) is 35.0 Å². The molecule has 0 aliphatic carbocycles. The summed E-state index contributed by atoms with van der Waals surface area (Å²) >= 11 is 0. The molecule has 0 radical (unpaired) electrons. The maximum atomic E-state index is 12.7. The van der Waals surface area contributed by atoms with Crippen molar-refractivity contribution >= 4 is 22.0 Å². The Labute approximate surface area is 231 Å². The van der Waals surface area contributed by atoms with Gasteiger partial charge in [0.15, 0.2) is 9.84 Å². The standard InChI is InChI=1S/C29H30F3N3O4S/c1-40(36,37)21-27-33-16-18-35(27)17-3-2-4-22-7-12-26(13-8-22)38-19-15-25-20-39-28(34-25)14-9-23-5-10-24(11-6-23)29(30,31)32/h5-14,16,18,20H,2-4,15,17,19,21H2,1H3/b14-9+. The molecule has 2 aromatic heterocycles. The molecule has 0 unspecified atom stereocenters. The Balaban J connectivity index is 1.16. The number of hydrogen-bond acceptors (Lipinski definition) is 6. The Bertz CT molecular complexity index is 1510. The van der Waals surface area contributed by atoms with Gasteiger partial charge < -0.3 is 13.7 Å². The van der Waals surface area contributed by atoms with E-state index in [0.717, 1.165) is 43.7 Å². The molecular weight excluding hydrogens is 543 g/mol. The van der Waals surface area contributed by atoms with Gasteiger partial charge in [-0.15, -0.1) is 0 Å². The minimum absolute atomic E-state index is 0.0534. The van der Waals surface area contributed by atoms with Crippen LogP contribution in [0.15, 0.2) is 71.6 Å². The fourth-order valence-electron chi connectivity index (χ4n) is 4.02. The first kappa shape index (κ1) is 29.1. The number of imidazole rings is 1. The highest BCUT2D eigenvalue weighted by Crippen LogP contribution is 2.29. The molecule has 11 heteroatoms. The van der Waals surface area contributed by atoms with Crippen LogP contribution in [0.3, 0.4) is 0 Å². The van der Waals surface area contributed by atoms with Gasteiger partial charge in [0.25, 0.3) is 0 Å². The van der Waals surface area contributed by atoms with Crippen molar-refractivity contribution in [1.29, 1.82) is 0 Å². The molecule has 0 bridgehead atoms. The van der Waals surface area contributed by atoms with Crippen molar-refractivity contribution in [2.45, 2.75) is 44.2 Å². The van der Waals surface area contributed by atoms with Crippen LogP contribution in [0.5, 0.6) is 5.75 Å². The normalized spacial score (nSPS) is 12.3. The molecule has 0 fully saturated rings. The molecule has 0 saturated carbocycles. The van der Waals surface area contributed by atoms with E-state index < -0.39 is 21.6 Å². The van der Waals surface area contributed by atoms with Crippen molar-refractivity contribution in [2.24, 2.45) is 0 Å². The van der Waals surface area contributed by atoms with E-state index in [4.69, 9.17) is 9.15 Å². The molecule has 4 rings (SSSR count). The van der Waals surface area contributed by atoms with E-state index in [1.165, 1.54) is 30.2 Å². The van der Waals surface area contributed by atoms with Crippen molar-refractivity contribution in [1.82, 2.24) is 14.5 Å². The molecular formula is C29H30F3N3O4S. The predicted molar refractivity (Wildman–Crippen MR) is 146 cm³/mol. The Morgan fingerprint density at radius 2 is 1.75 bits per heavy atom. The lowest BCUT2D eigenvalue weighted by molar-refractivity contribution is -0.137. The predicted octanol–water partition coefficient (Wildman–Crippen LogP) is 6.25. The smallest absolute Gasteiger partial charge is 0.416 e. The largest absolute Gasteiger partial charge is 0.493 e. The molecule has 212 valence electrons. The summed E-state index contributed by atoms with van der Waals surface area (Å²) in [5.41, 5.74) is 1.82. The van der Waals surface area contributed by atoms with Crippen molar-refractivity contribution in [3.63, 3.8) is 0 Å². The molecule has 0 aliphatic heterocycles. The van der Waals surface area contributed by atoms with Gasteiger partial charge in [-0.25, -0.2) is 18.4 Å². The van der Waals surface area contributed by atoms with Gasteiger partial charge in [0.1, 0.15) is 23.6 Å². The van der Waals surface area contributed by atoms with Crippen LogP contribution in [-0.2, 0) is 41.2 Å². The van der Waals surface area contributed by atoms with Gasteiger partial charge in [0.2, 0.25) is 5.89 Å². The third-order valence-electron chi connectivity index (χ3n) is 6.08. The topological polar surface area (TPSA) is 87.2 Å². The molecule has 7 nitrogen and oxygen atoms in total. The molecule has 40 heavy (non-hydrogen) atoms. The zero-order valence-corrected chi connectivity index (χ0v) is 22.8. The fourth-order valence-corrected chi connectivity index (χ4v) is 4.73. The van der Waals surface area contributed by atoms with Crippen LogP contribution in [-0.4, -0.2) is 35.8 Å². The summed E-state index contributed by atoms with van der Waals surface area (Å²) in [6.07, 6.45) is 8.37. The van der Waals surface area contributed by atoms with Crippen LogP contribution in [0.2, 0.25) is 0 Å². The average molecular weight is 574 g/mol. The summed E-state index contributed by atoms with van der Waals surface area (Å²) in [7, 11) is -3.12. The minimum Gasteiger partial charge on any atom is -0.493 e. The summed E-state index contributed by atoms with van der Waals surface area (Å²) < 4.78 is 74.2. The Morgan fingerprint density at radius 1 is 1.00 bits per heavy atom. The summed E-state index contributed by atoms with van der Waals surface area (Å²) in [4.78, 5) is 8.51. The number of halogens is 3. The molecule has 0 amide bonds. The van der Waals surface area contributed by atoms with E-state index in [1.54, 1.807) is 18.3 Å². The van der Waals surface area contributed by atoms with Crippen molar-refractivity contribution in [3.8, 4) is 5.75 Å². The number of hydrogen-bond donors (Lipinski definition) is 0. The second-order valence-corrected chi connectivity index (χ2v) is 11.6. The van der Waals surface area contributed by atoms with E-state index >= 15 is 0 Å². The highest BCUT2D eigenvalue weighted by molar-refractivity contribution is 7.89. The number of alkyl halides is 3. The fraction of sp³-hybridized carbons (Fsp3) is 0.310. The number of benzene rings is 2. The van der Waals surface area contributed by atoms with Crippen LogP contribution in [0, 0.1) is 0 Å². The molecule has 2 aromatic carbocycles. The molecule has 4 aromatic rings. The summed E-state index contributed by atoms with van der Waals surface area (Å²) in [5, 5.41) is 0. The Hall–Kier alpha value is -3.86. The quantitative estimate of drug-likeness (QED) is 0.176. The van der Waals surface area contributed by atoms with Gasteiger partial charge >= 0.3 is 6.18 Å². The van der Waals surface area contributed by atoms with E-state index in [-0.39, 0.29) is 5.75 Å². The number of rotatable bonds is 13. The van der Waals surface area contributed by atoms with E-state index in [0.29, 0.717) is 36.0 Å². The Kier molecular flexibility index (Phi) is 9.46. The van der Waals surface area contributed by atoms with Gasteiger partial charge in [-0.3, -0.25) is 0 Å². The number of aryl methyl sites for hydroxylation is 2. The van der Waals surface area contributed by atoms with Gasteiger partial charge in [-0.1, -0.05) is 24.3 Å². The summed E-state index contributed by atoms with van der Waals surface area (Å²) in [6, 6.07) is 12.8. The van der Waals surface area contributed by atoms with E-state index in [2.05, 4.69) is 9.97 Å². The average Bonchev–Trinajstić information content (AvgIpc) is 3.54. The van der Waals surface area contributed by atoms with Crippen molar-refractivity contribution < 1.29 is 30.7 Å². The maximum absolute atomic E-state index is 12.7. The van der Waals surface area contributed by atoms with Crippen LogP contribution in [0.1, 0.15) is 46.9 Å².